The minimum Gasteiger partial charge on any atom is -0.409 e. The molecule has 0 aliphatic carbocycles. The molecule has 9 nitrogen and oxygen atoms in total. The first-order valence-corrected chi connectivity index (χ1v) is 16.1. The number of piperidine rings is 1. The topological polar surface area (TPSA) is 91.0 Å². The van der Waals surface area contributed by atoms with Crippen molar-refractivity contribution in [2.75, 3.05) is 53.9 Å². The smallest absolute Gasteiger partial charge is 0.409 e. The van der Waals surface area contributed by atoms with Gasteiger partial charge in [-0.2, -0.15) is 0 Å². The van der Waals surface area contributed by atoms with Crippen LogP contribution in [0, 0.1) is 19.8 Å². The largest absolute Gasteiger partial charge is 0.415 e. The summed E-state index contributed by atoms with van der Waals surface area (Å²) in [5.74, 6) is 0.148. The first-order chi connectivity index (χ1) is 19.9. The van der Waals surface area contributed by atoms with Crippen LogP contribution in [0.4, 0.5) is 4.79 Å². The molecule has 2 saturated heterocycles. The molecule has 3 heterocycles. The van der Waals surface area contributed by atoms with Gasteiger partial charge in [-0.25, -0.2) is 4.79 Å². The van der Waals surface area contributed by atoms with Crippen molar-refractivity contribution in [3.8, 4) is 5.75 Å². The van der Waals surface area contributed by atoms with E-state index in [-0.39, 0.29) is 49.2 Å². The minimum atomic E-state index is -0.829. The number of nitrogens with zero attached hydrogens (tertiary/aromatic N) is 3. The number of thiophene rings is 1. The van der Waals surface area contributed by atoms with Crippen LogP contribution in [0.15, 0.2) is 29.6 Å². The number of carbonyl (C=O) groups is 3. The second-order valence-electron chi connectivity index (χ2n) is 12.5. The Kier molecular flexibility index (Phi) is 10.9. The van der Waals surface area contributed by atoms with Crippen molar-refractivity contribution in [2.45, 2.75) is 58.2 Å². The zero-order valence-corrected chi connectivity index (χ0v) is 27.0. The van der Waals surface area contributed by atoms with Crippen molar-refractivity contribution in [1.82, 2.24) is 20.4 Å². The van der Waals surface area contributed by atoms with E-state index in [0.717, 1.165) is 59.3 Å². The normalized spacial score (nSPS) is 21.2. The Morgan fingerprint density at radius 1 is 1.17 bits per heavy atom. The van der Waals surface area contributed by atoms with Crippen molar-refractivity contribution in [1.29, 1.82) is 0 Å². The predicted molar refractivity (Wildman–Crippen MR) is 167 cm³/mol. The summed E-state index contributed by atoms with van der Waals surface area (Å²) in [6.07, 6.45) is 3.42. The SMILES string of the molecule is Cc1ccc(OC(=O)N2CCN(C(=O)[C@@H]3NCCC[C@@H]3CCC[N+](C)(C)C)[C@H](C(=O)NCc3cccs3)C2)c(Cl)c1C. The van der Waals surface area contributed by atoms with Crippen molar-refractivity contribution in [3.05, 3.63) is 50.7 Å². The third-order valence-corrected chi connectivity index (χ3v) is 9.66. The molecule has 0 radical (unpaired) electrons. The van der Waals surface area contributed by atoms with Gasteiger partial charge in [0.25, 0.3) is 0 Å². The van der Waals surface area contributed by atoms with Gasteiger partial charge in [0, 0.05) is 18.0 Å². The molecule has 11 heteroatoms. The highest BCUT2D eigenvalue weighted by Gasteiger charge is 2.42. The maximum absolute atomic E-state index is 14.1. The molecule has 2 aliphatic rings. The zero-order valence-electron chi connectivity index (χ0n) is 25.5. The molecule has 1 aromatic carbocycles. The fraction of sp³-hybridized carbons (Fsp3) is 0.581. The molecule has 2 N–H and O–H groups in total. The van der Waals surface area contributed by atoms with Crippen LogP contribution >= 0.6 is 22.9 Å². The molecule has 42 heavy (non-hydrogen) atoms. The van der Waals surface area contributed by atoms with Gasteiger partial charge >= 0.3 is 6.09 Å². The molecule has 0 spiro atoms. The lowest BCUT2D eigenvalue weighted by atomic mass is 9.85. The average Bonchev–Trinajstić information content (AvgIpc) is 3.49. The lowest BCUT2D eigenvalue weighted by Gasteiger charge is -2.43. The third-order valence-electron chi connectivity index (χ3n) is 8.32. The fourth-order valence-corrected chi connectivity index (χ4v) is 6.59. The third kappa shape index (κ3) is 8.24. The van der Waals surface area contributed by atoms with E-state index in [1.807, 2.05) is 37.4 Å². The quantitative estimate of drug-likeness (QED) is 0.411. The molecule has 0 unspecified atom stereocenters. The summed E-state index contributed by atoms with van der Waals surface area (Å²) in [6.45, 7) is 6.56. The number of amides is 3. The Bertz CT molecular complexity index is 1250. The zero-order chi connectivity index (χ0) is 30.4. The molecular weight excluding hydrogens is 574 g/mol. The van der Waals surface area contributed by atoms with Crippen LogP contribution < -0.4 is 15.4 Å². The van der Waals surface area contributed by atoms with E-state index in [2.05, 4.69) is 31.8 Å². The number of hydrogen-bond donors (Lipinski definition) is 2. The van der Waals surface area contributed by atoms with Gasteiger partial charge in [0.15, 0.2) is 5.75 Å². The summed E-state index contributed by atoms with van der Waals surface area (Å²) in [6, 6.07) is 6.26. The summed E-state index contributed by atoms with van der Waals surface area (Å²) in [5.41, 5.74) is 1.85. The van der Waals surface area contributed by atoms with E-state index in [4.69, 9.17) is 16.3 Å². The van der Waals surface area contributed by atoms with Crippen molar-refractivity contribution >= 4 is 40.8 Å². The summed E-state index contributed by atoms with van der Waals surface area (Å²) in [5, 5.41) is 8.81. The molecule has 3 amide bonds. The summed E-state index contributed by atoms with van der Waals surface area (Å²) in [7, 11) is 6.54. The molecule has 4 rings (SSSR count). The lowest BCUT2D eigenvalue weighted by Crippen LogP contribution is -2.65. The molecule has 2 fully saturated rings. The van der Waals surface area contributed by atoms with Crippen LogP contribution in [0.5, 0.6) is 5.75 Å². The number of rotatable bonds is 9. The van der Waals surface area contributed by atoms with E-state index in [1.165, 1.54) is 4.90 Å². The van der Waals surface area contributed by atoms with Gasteiger partial charge in [-0.3, -0.25) is 9.59 Å². The van der Waals surface area contributed by atoms with Crippen molar-refractivity contribution in [3.63, 3.8) is 0 Å². The predicted octanol–water partition coefficient (Wildman–Crippen LogP) is 4.20. The van der Waals surface area contributed by atoms with Gasteiger partial charge in [-0.1, -0.05) is 23.7 Å². The highest BCUT2D eigenvalue weighted by atomic mass is 35.5. The van der Waals surface area contributed by atoms with E-state index in [0.29, 0.717) is 11.6 Å². The Balaban J connectivity index is 1.49. The molecule has 1 aromatic heterocycles. The maximum Gasteiger partial charge on any atom is 0.415 e. The number of carbonyl (C=O) groups excluding carboxylic acids is 3. The second-order valence-corrected chi connectivity index (χ2v) is 13.9. The number of benzene rings is 1. The van der Waals surface area contributed by atoms with E-state index >= 15 is 0 Å². The number of hydrogen-bond acceptors (Lipinski definition) is 6. The van der Waals surface area contributed by atoms with Gasteiger partial charge in [0.1, 0.15) is 6.04 Å². The van der Waals surface area contributed by atoms with E-state index in [1.54, 1.807) is 22.3 Å². The number of piperazine rings is 1. The van der Waals surface area contributed by atoms with Gasteiger partial charge in [-0.05, 0) is 80.6 Å². The standard InChI is InChI=1S/C31H44ClN5O4S/c1-21-12-13-26(27(32)22(21)2)41-31(40)35-15-16-36(25(20-35)29(38)34-19-24-11-8-18-42-24)30(39)28-23(9-6-14-33-28)10-7-17-37(3,4)5/h8,11-13,18,23,25,28,33H,6-7,9-10,14-17,19-20H2,1-5H3/p+1/t23-,25+,28-/m1/s1. The number of aryl methyl sites for hydroxylation is 1. The van der Waals surface area contributed by atoms with E-state index in [9.17, 15) is 14.4 Å². The van der Waals surface area contributed by atoms with Crippen LogP contribution in [-0.2, 0) is 16.1 Å². The minimum absolute atomic E-state index is 0.0438. The van der Waals surface area contributed by atoms with Crippen molar-refractivity contribution < 1.29 is 23.6 Å². The Labute approximate surface area is 258 Å². The first-order valence-electron chi connectivity index (χ1n) is 14.8. The highest BCUT2D eigenvalue weighted by Crippen LogP contribution is 2.31. The van der Waals surface area contributed by atoms with Crippen LogP contribution in [0.3, 0.4) is 0 Å². The molecule has 230 valence electrons. The monoisotopic (exact) mass is 618 g/mol. The van der Waals surface area contributed by atoms with Gasteiger partial charge in [0.05, 0.1) is 51.8 Å². The molecule has 2 aliphatic heterocycles. The number of halogens is 1. The van der Waals surface area contributed by atoms with Gasteiger partial charge in [-0.15, -0.1) is 11.3 Å². The Morgan fingerprint density at radius 2 is 1.95 bits per heavy atom. The second kappa shape index (κ2) is 14.2. The van der Waals surface area contributed by atoms with Gasteiger partial charge in [0.2, 0.25) is 11.8 Å². The Morgan fingerprint density at radius 3 is 2.67 bits per heavy atom. The molecule has 3 atom stereocenters. The maximum atomic E-state index is 14.1. The molecule has 0 bridgehead atoms. The molecule has 2 aromatic rings. The molecule has 0 saturated carbocycles. The Hall–Kier alpha value is -2.66. The number of nitrogens with one attached hydrogen (secondary N) is 2. The van der Waals surface area contributed by atoms with Crippen molar-refractivity contribution in [2.24, 2.45) is 5.92 Å². The van der Waals surface area contributed by atoms with Gasteiger partial charge < -0.3 is 29.7 Å². The lowest BCUT2D eigenvalue weighted by molar-refractivity contribution is -0.870. The average molecular weight is 619 g/mol. The van der Waals surface area contributed by atoms with E-state index < -0.39 is 12.1 Å². The van der Waals surface area contributed by atoms with Crippen LogP contribution in [-0.4, -0.2) is 98.1 Å². The van der Waals surface area contributed by atoms with Crippen LogP contribution in [0.2, 0.25) is 5.02 Å². The number of ether oxygens (including phenoxy) is 1. The summed E-state index contributed by atoms with van der Waals surface area (Å²) >= 11 is 8.01. The fourth-order valence-electron chi connectivity index (χ4n) is 5.70. The summed E-state index contributed by atoms with van der Waals surface area (Å²) < 4.78 is 6.56. The molecular formula is C31H45ClN5O4S+. The van der Waals surface area contributed by atoms with Crippen LogP contribution in [0.25, 0.3) is 0 Å². The number of quaternary nitrogens is 1. The van der Waals surface area contributed by atoms with Crippen LogP contribution in [0.1, 0.15) is 41.7 Å². The summed E-state index contributed by atoms with van der Waals surface area (Å²) in [4.78, 5) is 45.1. The highest BCUT2D eigenvalue weighted by molar-refractivity contribution is 7.09. The first kappa shape index (κ1) is 32.3.